The minimum absolute atomic E-state index is 0.0232. The molecule has 3 atom stereocenters. The van der Waals surface area contributed by atoms with Crippen LogP contribution in [-0.2, 0) is 27.0 Å². The third-order valence-corrected chi connectivity index (χ3v) is 9.10. The van der Waals surface area contributed by atoms with E-state index in [0.29, 0.717) is 0 Å². The maximum Gasteiger partial charge on any atom is 0.417 e. The van der Waals surface area contributed by atoms with Crippen molar-refractivity contribution in [2.75, 3.05) is 37.6 Å². The summed E-state index contributed by atoms with van der Waals surface area (Å²) in [6.07, 6.45) is -4.19. The lowest BCUT2D eigenvalue weighted by molar-refractivity contribution is -0.137. The first kappa shape index (κ1) is 31.3. The molecule has 3 unspecified atom stereocenters. The number of halogens is 5. The predicted molar refractivity (Wildman–Crippen MR) is 157 cm³/mol. The smallest absolute Gasteiger partial charge is 0.359 e. The number of anilines is 1. The molecule has 230 valence electrons. The summed E-state index contributed by atoms with van der Waals surface area (Å²) in [5.41, 5.74) is -1.54. The van der Waals surface area contributed by atoms with Crippen LogP contribution >= 0.6 is 23.4 Å². The second kappa shape index (κ2) is 12.1. The Bertz CT molecular complexity index is 1640. The molecule has 1 saturated heterocycles. The van der Waals surface area contributed by atoms with Gasteiger partial charge in [0.15, 0.2) is 0 Å². The van der Waals surface area contributed by atoms with Crippen molar-refractivity contribution < 1.29 is 31.8 Å². The van der Waals surface area contributed by atoms with Crippen LogP contribution in [-0.4, -0.2) is 71.3 Å². The van der Waals surface area contributed by atoms with E-state index in [4.69, 9.17) is 21.1 Å². The number of alkyl halides is 3. The highest BCUT2D eigenvalue weighted by molar-refractivity contribution is 7.99. The summed E-state index contributed by atoms with van der Waals surface area (Å²) in [7, 11) is 1.44. The van der Waals surface area contributed by atoms with Crippen LogP contribution in [0.2, 0.25) is 5.02 Å². The van der Waals surface area contributed by atoms with E-state index in [1.54, 1.807) is 9.80 Å². The topological polar surface area (TPSA) is 76.9 Å². The molecule has 3 aromatic rings. The normalized spacial score (nSPS) is 20.8. The molecule has 1 amide bonds. The number of carbonyl (C=O) groups is 1. The first-order valence-corrected chi connectivity index (χ1v) is 14.8. The molecule has 0 saturated carbocycles. The number of rotatable bonds is 6. The molecule has 0 bridgehead atoms. The Morgan fingerprint density at radius 1 is 1.21 bits per heavy atom. The minimum Gasteiger partial charge on any atom is -0.359 e. The van der Waals surface area contributed by atoms with Gasteiger partial charge < -0.3 is 19.3 Å². The average Bonchev–Trinajstić information content (AvgIpc) is 3.14. The van der Waals surface area contributed by atoms with Crippen molar-refractivity contribution >= 4 is 46.0 Å². The van der Waals surface area contributed by atoms with Gasteiger partial charge in [-0.2, -0.15) is 18.2 Å². The van der Waals surface area contributed by atoms with Gasteiger partial charge in [0, 0.05) is 53.9 Å². The lowest BCUT2D eigenvalue weighted by Crippen LogP contribution is -2.58. The maximum atomic E-state index is 14.9. The molecular weight excluding hydrogens is 612 g/mol. The summed E-state index contributed by atoms with van der Waals surface area (Å²) in [4.78, 5) is 34.0. The number of nitrogens with zero attached hydrogens (tertiary/aromatic N) is 4. The molecule has 3 heterocycles. The third-order valence-electron chi connectivity index (χ3n) is 7.58. The minimum atomic E-state index is -4.83. The van der Waals surface area contributed by atoms with Crippen molar-refractivity contribution in [2.24, 2.45) is 0 Å². The molecular formula is C29H29ClF4N4O4S. The molecule has 8 nitrogen and oxygen atoms in total. The fourth-order valence-electron chi connectivity index (χ4n) is 5.84. The SMILES string of the molecule is C=CC(=O)N1C(C)CN(c2nc(=O)n3c4c(c(-c5ccc(F)c(Cl)c5)c(C(F)(F)F)cc24)SCC(OCOC)C3)CC1C. The Balaban J connectivity index is 1.80. The molecule has 2 aliphatic heterocycles. The van der Waals surface area contributed by atoms with Gasteiger partial charge in [0.1, 0.15) is 18.4 Å². The number of ether oxygens (including phenoxy) is 2. The molecule has 2 aliphatic rings. The standard InChI is InChI=1S/C29H29ClF4N4O4S/c1-5-23(39)38-15(2)10-36(11-16(38)3)27-19-9-20(29(32,33)34)24(17-6-7-22(31)21(30)8-17)26-25(19)37(28(40)35-27)12-18(13-43-26)42-14-41-4/h5-9,15-16,18H,1,10-14H2,2-4H3. The second-order valence-electron chi connectivity index (χ2n) is 10.5. The van der Waals surface area contributed by atoms with Crippen molar-refractivity contribution in [3.8, 4) is 11.1 Å². The van der Waals surface area contributed by atoms with Gasteiger partial charge in [0.25, 0.3) is 0 Å². The first-order valence-electron chi connectivity index (χ1n) is 13.4. The third kappa shape index (κ3) is 5.87. The Morgan fingerprint density at radius 2 is 1.91 bits per heavy atom. The van der Waals surface area contributed by atoms with Gasteiger partial charge in [0.05, 0.1) is 28.8 Å². The van der Waals surface area contributed by atoms with Crippen molar-refractivity contribution in [3.05, 3.63) is 63.8 Å². The molecule has 0 radical (unpaired) electrons. The zero-order valence-electron chi connectivity index (χ0n) is 23.6. The van der Waals surface area contributed by atoms with Crippen LogP contribution in [0.5, 0.6) is 0 Å². The molecule has 1 fully saturated rings. The summed E-state index contributed by atoms with van der Waals surface area (Å²) in [5.74, 6) is -0.740. The summed E-state index contributed by atoms with van der Waals surface area (Å²) < 4.78 is 70.8. The summed E-state index contributed by atoms with van der Waals surface area (Å²) in [5, 5.41) is -0.206. The lowest BCUT2D eigenvalue weighted by Gasteiger charge is -2.44. The fourth-order valence-corrected chi connectivity index (χ4v) is 7.30. The monoisotopic (exact) mass is 640 g/mol. The molecule has 0 spiro atoms. The second-order valence-corrected chi connectivity index (χ2v) is 12.0. The summed E-state index contributed by atoms with van der Waals surface area (Å²) in [6, 6.07) is 3.72. The van der Waals surface area contributed by atoms with E-state index in [-0.39, 0.29) is 87.9 Å². The van der Waals surface area contributed by atoms with Crippen molar-refractivity contribution in [1.82, 2.24) is 14.5 Å². The number of hydrogen-bond acceptors (Lipinski definition) is 7. The van der Waals surface area contributed by atoms with E-state index in [2.05, 4.69) is 11.6 Å². The summed E-state index contributed by atoms with van der Waals surface area (Å²) >= 11 is 7.13. The molecule has 5 rings (SSSR count). The van der Waals surface area contributed by atoms with Gasteiger partial charge in [-0.25, -0.2) is 9.18 Å². The average molecular weight is 641 g/mol. The highest BCUT2D eigenvalue weighted by Crippen LogP contribution is 2.48. The van der Waals surface area contributed by atoms with E-state index in [9.17, 15) is 27.2 Å². The van der Waals surface area contributed by atoms with Gasteiger partial charge in [-0.15, -0.1) is 11.8 Å². The van der Waals surface area contributed by atoms with E-state index in [1.807, 2.05) is 13.8 Å². The fraction of sp³-hybridized carbons (Fsp3) is 0.414. The molecule has 0 N–H and O–H groups in total. The van der Waals surface area contributed by atoms with Crippen LogP contribution in [0.3, 0.4) is 0 Å². The number of hydrogen-bond donors (Lipinski definition) is 0. The number of aromatic nitrogens is 2. The van der Waals surface area contributed by atoms with Crippen LogP contribution in [0.1, 0.15) is 19.4 Å². The largest absolute Gasteiger partial charge is 0.417 e. The Kier molecular flexibility index (Phi) is 8.81. The van der Waals surface area contributed by atoms with Crippen LogP contribution in [0.25, 0.3) is 22.0 Å². The maximum absolute atomic E-state index is 14.9. The number of amides is 1. The van der Waals surface area contributed by atoms with Crippen LogP contribution in [0, 0.1) is 5.82 Å². The molecule has 43 heavy (non-hydrogen) atoms. The van der Waals surface area contributed by atoms with Crippen molar-refractivity contribution in [2.45, 2.75) is 49.7 Å². The van der Waals surface area contributed by atoms with Gasteiger partial charge in [-0.3, -0.25) is 9.36 Å². The zero-order chi connectivity index (χ0) is 31.2. The number of carbonyl (C=O) groups excluding carboxylic acids is 1. The zero-order valence-corrected chi connectivity index (χ0v) is 25.2. The summed E-state index contributed by atoms with van der Waals surface area (Å²) in [6.45, 7) is 7.60. The molecule has 2 aromatic carbocycles. The van der Waals surface area contributed by atoms with E-state index < -0.39 is 29.4 Å². The highest BCUT2D eigenvalue weighted by Gasteiger charge is 2.40. The quantitative estimate of drug-likeness (QED) is 0.198. The van der Waals surface area contributed by atoms with Gasteiger partial charge >= 0.3 is 11.9 Å². The Labute approximate surface area is 254 Å². The predicted octanol–water partition coefficient (Wildman–Crippen LogP) is 5.58. The molecule has 0 aliphatic carbocycles. The lowest BCUT2D eigenvalue weighted by atomic mass is 9.96. The first-order chi connectivity index (χ1) is 20.3. The van der Waals surface area contributed by atoms with Crippen LogP contribution in [0.4, 0.5) is 23.4 Å². The van der Waals surface area contributed by atoms with E-state index in [1.165, 1.54) is 23.8 Å². The highest BCUT2D eigenvalue weighted by atomic mass is 35.5. The van der Waals surface area contributed by atoms with Crippen molar-refractivity contribution in [3.63, 3.8) is 0 Å². The Morgan fingerprint density at radius 3 is 2.51 bits per heavy atom. The van der Waals surface area contributed by atoms with Gasteiger partial charge in [0.2, 0.25) is 5.91 Å². The number of piperazine rings is 1. The number of thioether (sulfide) groups is 1. The number of benzene rings is 2. The number of methoxy groups -OCH3 is 1. The van der Waals surface area contributed by atoms with Crippen LogP contribution in [0.15, 0.2) is 46.6 Å². The van der Waals surface area contributed by atoms with Gasteiger partial charge in [-0.1, -0.05) is 24.2 Å². The molecule has 1 aromatic heterocycles. The Hall–Kier alpha value is -3.13. The molecule has 14 heteroatoms. The van der Waals surface area contributed by atoms with E-state index in [0.717, 1.165) is 30.0 Å². The van der Waals surface area contributed by atoms with Crippen molar-refractivity contribution in [1.29, 1.82) is 0 Å². The van der Waals surface area contributed by atoms with E-state index >= 15 is 0 Å². The van der Waals surface area contributed by atoms with Gasteiger partial charge in [-0.05, 0) is 43.7 Å². The van der Waals surface area contributed by atoms with Crippen LogP contribution < -0.4 is 10.6 Å².